The van der Waals surface area contributed by atoms with Crippen LogP contribution in [0.15, 0.2) is 47.0 Å². The maximum atomic E-state index is 12.7. The number of hydrogen-bond acceptors (Lipinski definition) is 6. The first-order valence-electron chi connectivity index (χ1n) is 9.78. The molecule has 1 fully saturated rings. The molecular formula is C22H20F3N3O4. The van der Waals surface area contributed by atoms with Gasteiger partial charge in [0.2, 0.25) is 5.91 Å². The van der Waals surface area contributed by atoms with Crippen molar-refractivity contribution in [2.75, 3.05) is 20.8 Å². The normalized spacial score (nSPS) is 16.5. The Kier molecular flexibility index (Phi) is 5.77. The van der Waals surface area contributed by atoms with E-state index in [1.807, 2.05) is 0 Å². The van der Waals surface area contributed by atoms with E-state index < -0.39 is 11.7 Å². The number of hydrogen-bond donors (Lipinski definition) is 0. The van der Waals surface area contributed by atoms with Crippen molar-refractivity contribution in [1.82, 2.24) is 15.0 Å². The molecule has 2 aromatic carbocycles. The molecule has 1 unspecified atom stereocenters. The molecular weight excluding hydrogens is 427 g/mol. The Balaban J connectivity index is 1.45. The summed E-state index contributed by atoms with van der Waals surface area (Å²) in [4.78, 5) is 18.5. The molecule has 3 aromatic rings. The van der Waals surface area contributed by atoms with E-state index in [1.165, 1.54) is 26.4 Å². The van der Waals surface area contributed by atoms with Crippen molar-refractivity contribution in [2.45, 2.75) is 25.1 Å². The van der Waals surface area contributed by atoms with E-state index >= 15 is 0 Å². The summed E-state index contributed by atoms with van der Waals surface area (Å²) in [6.07, 6.45) is -4.19. The molecule has 7 nitrogen and oxygen atoms in total. The number of halogens is 3. The highest BCUT2D eigenvalue weighted by atomic mass is 19.4. The molecule has 10 heteroatoms. The van der Waals surface area contributed by atoms with Crippen LogP contribution in [-0.4, -0.2) is 41.7 Å². The van der Waals surface area contributed by atoms with Gasteiger partial charge in [0.15, 0.2) is 17.3 Å². The molecule has 1 aliphatic rings. The van der Waals surface area contributed by atoms with Crippen molar-refractivity contribution in [2.24, 2.45) is 0 Å². The first-order chi connectivity index (χ1) is 15.3. The molecule has 0 bridgehead atoms. The van der Waals surface area contributed by atoms with Crippen LogP contribution in [0.25, 0.3) is 11.5 Å². The van der Waals surface area contributed by atoms with E-state index in [0.717, 1.165) is 12.1 Å². The lowest BCUT2D eigenvalue weighted by Gasteiger charge is -2.16. The van der Waals surface area contributed by atoms with Gasteiger partial charge in [-0.3, -0.25) is 4.79 Å². The highest BCUT2D eigenvalue weighted by molar-refractivity contribution is 5.79. The molecule has 0 radical (unpaired) electrons. The number of aromatic nitrogens is 2. The number of ether oxygens (including phenoxy) is 2. The Morgan fingerprint density at radius 2 is 1.81 bits per heavy atom. The molecule has 0 N–H and O–H groups in total. The van der Waals surface area contributed by atoms with Gasteiger partial charge in [-0.15, -0.1) is 0 Å². The van der Waals surface area contributed by atoms with Crippen molar-refractivity contribution in [3.63, 3.8) is 0 Å². The van der Waals surface area contributed by atoms with Crippen LogP contribution in [0.4, 0.5) is 13.2 Å². The van der Waals surface area contributed by atoms with Crippen LogP contribution in [0.1, 0.15) is 29.3 Å². The largest absolute Gasteiger partial charge is 0.493 e. The SMILES string of the molecule is COc1ccc(-c2nc(C3CC(=O)N(Cc4ccc(C(F)(F)F)cc4)C3)no2)cc1OC. The molecule has 168 valence electrons. The zero-order chi connectivity index (χ0) is 22.9. The van der Waals surface area contributed by atoms with Gasteiger partial charge in [0, 0.05) is 31.0 Å². The van der Waals surface area contributed by atoms with E-state index in [-0.39, 0.29) is 30.7 Å². The van der Waals surface area contributed by atoms with Gasteiger partial charge in [0.1, 0.15) is 0 Å². The summed E-state index contributed by atoms with van der Waals surface area (Å²) in [5, 5.41) is 4.03. The standard InChI is InChI=1S/C22H20F3N3O4/c1-30-17-8-5-14(9-18(17)31-2)21-26-20(27-32-21)15-10-19(29)28(12-15)11-13-3-6-16(7-4-13)22(23,24)25/h3-9,15H,10-12H2,1-2H3. The quantitative estimate of drug-likeness (QED) is 0.561. The Hall–Kier alpha value is -3.56. The monoisotopic (exact) mass is 447 g/mol. The molecule has 32 heavy (non-hydrogen) atoms. The lowest BCUT2D eigenvalue weighted by Crippen LogP contribution is -2.24. The number of carbonyl (C=O) groups excluding carboxylic acids is 1. The molecule has 4 rings (SSSR count). The topological polar surface area (TPSA) is 77.7 Å². The van der Waals surface area contributed by atoms with Gasteiger partial charge in [0.05, 0.1) is 19.8 Å². The molecule has 2 heterocycles. The Morgan fingerprint density at radius 3 is 2.47 bits per heavy atom. The second-order valence-electron chi connectivity index (χ2n) is 7.40. The third kappa shape index (κ3) is 4.39. The summed E-state index contributed by atoms with van der Waals surface area (Å²) < 4.78 is 54.1. The van der Waals surface area contributed by atoms with Gasteiger partial charge in [0.25, 0.3) is 5.89 Å². The molecule has 0 spiro atoms. The fourth-order valence-electron chi connectivity index (χ4n) is 3.60. The van der Waals surface area contributed by atoms with Gasteiger partial charge in [-0.2, -0.15) is 18.2 Å². The fraction of sp³-hybridized carbons (Fsp3) is 0.318. The average molecular weight is 447 g/mol. The number of rotatable bonds is 6. The number of carbonyl (C=O) groups is 1. The van der Waals surface area contributed by atoms with Gasteiger partial charge in [-0.05, 0) is 35.9 Å². The van der Waals surface area contributed by atoms with E-state index in [9.17, 15) is 18.0 Å². The summed E-state index contributed by atoms with van der Waals surface area (Å²) in [6.45, 7) is 0.568. The van der Waals surface area contributed by atoms with Crippen LogP contribution < -0.4 is 9.47 Å². The maximum absolute atomic E-state index is 12.7. The molecule has 1 aliphatic heterocycles. The fourth-order valence-corrected chi connectivity index (χ4v) is 3.60. The number of alkyl halides is 3. The van der Waals surface area contributed by atoms with E-state index in [1.54, 1.807) is 23.1 Å². The Labute approximate surface area is 181 Å². The minimum absolute atomic E-state index is 0.118. The first-order valence-corrected chi connectivity index (χ1v) is 9.78. The predicted molar refractivity (Wildman–Crippen MR) is 107 cm³/mol. The molecule has 1 aromatic heterocycles. The number of amides is 1. The second-order valence-corrected chi connectivity index (χ2v) is 7.40. The highest BCUT2D eigenvalue weighted by Crippen LogP contribution is 2.34. The summed E-state index contributed by atoms with van der Waals surface area (Å²) in [6, 6.07) is 9.99. The van der Waals surface area contributed by atoms with E-state index in [4.69, 9.17) is 14.0 Å². The van der Waals surface area contributed by atoms with Crippen molar-refractivity contribution in [1.29, 1.82) is 0 Å². The van der Waals surface area contributed by atoms with Crippen LogP contribution in [0.3, 0.4) is 0 Å². The molecule has 1 atom stereocenters. The second kappa shape index (κ2) is 8.52. The van der Waals surface area contributed by atoms with Crippen LogP contribution in [0.2, 0.25) is 0 Å². The smallest absolute Gasteiger partial charge is 0.416 e. The zero-order valence-corrected chi connectivity index (χ0v) is 17.3. The lowest BCUT2D eigenvalue weighted by molar-refractivity contribution is -0.137. The van der Waals surface area contributed by atoms with Gasteiger partial charge in [-0.1, -0.05) is 17.3 Å². The summed E-state index contributed by atoms with van der Waals surface area (Å²) >= 11 is 0. The molecule has 1 amide bonds. The molecule has 0 saturated carbocycles. The van der Waals surface area contributed by atoms with Crippen LogP contribution >= 0.6 is 0 Å². The van der Waals surface area contributed by atoms with Crippen molar-refractivity contribution >= 4 is 5.91 Å². The summed E-state index contributed by atoms with van der Waals surface area (Å²) in [5.74, 6) is 1.38. The summed E-state index contributed by atoms with van der Waals surface area (Å²) in [5.41, 5.74) is 0.542. The van der Waals surface area contributed by atoms with Crippen LogP contribution in [0.5, 0.6) is 11.5 Å². The first kappa shape index (κ1) is 21.7. The third-order valence-electron chi connectivity index (χ3n) is 5.31. The Morgan fingerprint density at radius 1 is 1.09 bits per heavy atom. The average Bonchev–Trinajstić information content (AvgIpc) is 3.40. The Bertz CT molecular complexity index is 1110. The third-order valence-corrected chi connectivity index (χ3v) is 5.31. The maximum Gasteiger partial charge on any atom is 0.416 e. The molecule has 1 saturated heterocycles. The number of benzene rings is 2. The molecule has 0 aliphatic carbocycles. The van der Waals surface area contributed by atoms with E-state index in [2.05, 4.69) is 10.1 Å². The van der Waals surface area contributed by atoms with Crippen molar-refractivity contribution < 1.29 is 32.0 Å². The van der Waals surface area contributed by atoms with Crippen LogP contribution in [0, 0.1) is 0 Å². The van der Waals surface area contributed by atoms with Gasteiger partial charge in [-0.25, -0.2) is 0 Å². The highest BCUT2D eigenvalue weighted by Gasteiger charge is 2.34. The van der Waals surface area contributed by atoms with Crippen molar-refractivity contribution in [3.05, 3.63) is 59.4 Å². The number of nitrogens with zero attached hydrogens (tertiary/aromatic N) is 3. The summed E-state index contributed by atoms with van der Waals surface area (Å²) in [7, 11) is 3.06. The number of methoxy groups -OCH3 is 2. The van der Waals surface area contributed by atoms with Gasteiger partial charge < -0.3 is 18.9 Å². The zero-order valence-electron chi connectivity index (χ0n) is 17.3. The minimum atomic E-state index is -4.39. The lowest BCUT2D eigenvalue weighted by atomic mass is 10.1. The van der Waals surface area contributed by atoms with Crippen LogP contribution in [-0.2, 0) is 17.5 Å². The number of likely N-dealkylation sites (tertiary alicyclic amines) is 1. The van der Waals surface area contributed by atoms with Crippen molar-refractivity contribution in [3.8, 4) is 23.0 Å². The minimum Gasteiger partial charge on any atom is -0.493 e. The van der Waals surface area contributed by atoms with Gasteiger partial charge >= 0.3 is 6.18 Å². The predicted octanol–water partition coefficient (Wildman–Crippen LogP) is 4.29. The van der Waals surface area contributed by atoms with E-state index in [0.29, 0.717) is 35.0 Å².